The summed E-state index contributed by atoms with van der Waals surface area (Å²) in [6.07, 6.45) is 3.23. The van der Waals surface area contributed by atoms with Gasteiger partial charge in [0.1, 0.15) is 5.82 Å². The Morgan fingerprint density at radius 1 is 1.24 bits per heavy atom. The molecular weight excluding hydrogens is 291 g/mol. The zero-order valence-corrected chi connectivity index (χ0v) is 12.6. The minimum atomic E-state index is -3.28. The summed E-state index contributed by atoms with van der Waals surface area (Å²) >= 11 is 0. The van der Waals surface area contributed by atoms with E-state index in [9.17, 15) is 12.8 Å². The number of nitrogens with zero attached hydrogens (tertiary/aromatic N) is 1. The van der Waals surface area contributed by atoms with E-state index >= 15 is 0 Å². The molecule has 1 aromatic rings. The van der Waals surface area contributed by atoms with Crippen molar-refractivity contribution in [1.29, 1.82) is 0 Å². The first-order valence-electron chi connectivity index (χ1n) is 7.55. The van der Waals surface area contributed by atoms with E-state index in [-0.39, 0.29) is 16.5 Å². The Labute approximate surface area is 124 Å². The molecule has 1 aliphatic carbocycles. The smallest absolute Gasteiger partial charge is 0.238 e. The highest BCUT2D eigenvalue weighted by Gasteiger charge is 2.50. The summed E-state index contributed by atoms with van der Waals surface area (Å²) in [7, 11) is -3.28. The minimum Gasteiger partial charge on any atom is -0.317 e. The van der Waals surface area contributed by atoms with Gasteiger partial charge >= 0.3 is 0 Å². The highest BCUT2D eigenvalue weighted by atomic mass is 32.2. The van der Waals surface area contributed by atoms with Gasteiger partial charge in [-0.3, -0.25) is 4.31 Å². The maximum atomic E-state index is 13.7. The van der Waals surface area contributed by atoms with Crippen molar-refractivity contribution in [2.24, 2.45) is 0 Å². The number of hydrogen-bond donors (Lipinski definition) is 1. The zero-order chi connectivity index (χ0) is 14.7. The second-order valence-electron chi connectivity index (χ2n) is 6.44. The summed E-state index contributed by atoms with van der Waals surface area (Å²) < 4.78 is 40.6. The molecule has 1 saturated heterocycles. The predicted molar refractivity (Wildman–Crippen MR) is 79.5 cm³/mol. The summed E-state index contributed by atoms with van der Waals surface area (Å²) in [6.45, 7) is 2.19. The number of rotatable bonds is 2. The van der Waals surface area contributed by atoms with Gasteiger partial charge in [-0.2, -0.15) is 0 Å². The van der Waals surface area contributed by atoms with Crippen LogP contribution in [0.5, 0.6) is 0 Å². The van der Waals surface area contributed by atoms with Crippen LogP contribution in [0.25, 0.3) is 0 Å². The molecule has 1 saturated carbocycles. The third-order valence-electron chi connectivity index (χ3n) is 5.06. The first-order chi connectivity index (χ1) is 10.0. The molecule has 3 aliphatic rings. The summed E-state index contributed by atoms with van der Waals surface area (Å²) in [5, 5.41) is 3.08. The van der Waals surface area contributed by atoms with Crippen LogP contribution in [0, 0.1) is 5.82 Å². The lowest BCUT2D eigenvalue weighted by Crippen LogP contribution is -2.44. The molecule has 4 rings (SSSR count). The lowest BCUT2D eigenvalue weighted by molar-refractivity contribution is 0.329. The summed E-state index contributed by atoms with van der Waals surface area (Å²) in [5.74, 6) is -0.280. The number of piperidine rings is 1. The molecule has 0 atom stereocenters. The van der Waals surface area contributed by atoms with Crippen molar-refractivity contribution in [1.82, 2.24) is 5.32 Å². The van der Waals surface area contributed by atoms with E-state index < -0.39 is 10.0 Å². The number of sulfonamides is 1. The molecule has 4 nitrogen and oxygen atoms in total. The standard InChI is InChI=1S/C15H19FN2O2S/c16-11-1-4-14-13(9-11)15(5-7-17-8-6-15)10-18(14)21(19,20)12-2-3-12/h1,4,9,12,17H,2-3,5-8,10H2. The van der Waals surface area contributed by atoms with Crippen molar-refractivity contribution in [3.8, 4) is 0 Å². The fraction of sp³-hybridized carbons (Fsp3) is 0.600. The Bertz CT molecular complexity index is 679. The van der Waals surface area contributed by atoms with Crippen LogP contribution in [-0.2, 0) is 15.4 Å². The molecule has 1 spiro atoms. The van der Waals surface area contributed by atoms with Crippen LogP contribution in [0.1, 0.15) is 31.2 Å². The van der Waals surface area contributed by atoms with Gasteiger partial charge in [0.25, 0.3) is 0 Å². The van der Waals surface area contributed by atoms with Crippen LogP contribution in [0.15, 0.2) is 18.2 Å². The highest BCUT2D eigenvalue weighted by Crippen LogP contribution is 2.49. The molecule has 114 valence electrons. The molecule has 21 heavy (non-hydrogen) atoms. The van der Waals surface area contributed by atoms with Gasteiger partial charge in [0.05, 0.1) is 10.9 Å². The topological polar surface area (TPSA) is 49.4 Å². The lowest BCUT2D eigenvalue weighted by Gasteiger charge is -2.34. The second kappa shape index (κ2) is 4.43. The van der Waals surface area contributed by atoms with Gasteiger partial charge in [-0.15, -0.1) is 0 Å². The normalized spacial score (nSPS) is 24.3. The molecule has 0 amide bonds. The number of nitrogens with one attached hydrogen (secondary N) is 1. The third-order valence-corrected chi connectivity index (χ3v) is 7.31. The van der Waals surface area contributed by atoms with Crippen molar-refractivity contribution in [2.45, 2.75) is 36.3 Å². The summed E-state index contributed by atoms with van der Waals surface area (Å²) in [6, 6.07) is 4.55. The average Bonchev–Trinajstić information content (AvgIpc) is 3.28. The van der Waals surface area contributed by atoms with Gasteiger partial charge in [0.2, 0.25) is 10.0 Å². The van der Waals surface area contributed by atoms with Crippen molar-refractivity contribution in [2.75, 3.05) is 23.9 Å². The lowest BCUT2D eigenvalue weighted by atomic mass is 9.75. The molecule has 0 aromatic heterocycles. The van der Waals surface area contributed by atoms with Crippen LogP contribution in [0.3, 0.4) is 0 Å². The van der Waals surface area contributed by atoms with E-state index in [2.05, 4.69) is 5.32 Å². The van der Waals surface area contributed by atoms with Crippen LogP contribution in [0.4, 0.5) is 10.1 Å². The molecule has 2 heterocycles. The largest absolute Gasteiger partial charge is 0.317 e. The van der Waals surface area contributed by atoms with E-state index in [0.717, 1.165) is 44.3 Å². The van der Waals surface area contributed by atoms with Gasteiger partial charge in [0, 0.05) is 12.0 Å². The average molecular weight is 310 g/mol. The number of benzene rings is 1. The van der Waals surface area contributed by atoms with E-state index in [0.29, 0.717) is 12.2 Å². The molecule has 0 bridgehead atoms. The Morgan fingerprint density at radius 2 is 1.95 bits per heavy atom. The highest BCUT2D eigenvalue weighted by molar-refractivity contribution is 7.93. The zero-order valence-electron chi connectivity index (χ0n) is 11.8. The molecule has 2 fully saturated rings. The Kier molecular flexibility index (Phi) is 2.85. The molecule has 2 aliphatic heterocycles. The SMILES string of the molecule is O=S(=O)(C1CC1)N1CC2(CCNCC2)c2cc(F)ccc21. The molecule has 0 radical (unpaired) electrons. The molecule has 1 N–H and O–H groups in total. The minimum absolute atomic E-state index is 0.218. The second-order valence-corrected chi connectivity index (χ2v) is 8.58. The van der Waals surface area contributed by atoms with Gasteiger partial charge in [-0.25, -0.2) is 12.8 Å². The van der Waals surface area contributed by atoms with Crippen LogP contribution >= 0.6 is 0 Å². The first-order valence-corrected chi connectivity index (χ1v) is 9.06. The van der Waals surface area contributed by atoms with E-state index in [1.165, 1.54) is 6.07 Å². The molecule has 6 heteroatoms. The van der Waals surface area contributed by atoms with Crippen molar-refractivity contribution in [3.05, 3.63) is 29.6 Å². The quantitative estimate of drug-likeness (QED) is 0.905. The maximum Gasteiger partial charge on any atom is 0.238 e. The molecule has 1 aromatic carbocycles. The number of anilines is 1. The molecule has 0 unspecified atom stereocenters. The van der Waals surface area contributed by atoms with Crippen molar-refractivity contribution < 1.29 is 12.8 Å². The Balaban J connectivity index is 1.83. The maximum absolute atomic E-state index is 13.7. The van der Waals surface area contributed by atoms with Gasteiger partial charge in [-0.1, -0.05) is 0 Å². The fourth-order valence-electron chi connectivity index (χ4n) is 3.70. The fourth-order valence-corrected chi connectivity index (χ4v) is 5.65. The van der Waals surface area contributed by atoms with E-state index in [4.69, 9.17) is 0 Å². The molecular formula is C15H19FN2O2S. The van der Waals surface area contributed by atoms with Gasteiger partial charge in [-0.05, 0) is 62.5 Å². The van der Waals surface area contributed by atoms with Crippen LogP contribution < -0.4 is 9.62 Å². The van der Waals surface area contributed by atoms with E-state index in [1.807, 2.05) is 0 Å². The van der Waals surface area contributed by atoms with Gasteiger partial charge in [0.15, 0.2) is 0 Å². The van der Waals surface area contributed by atoms with Crippen molar-refractivity contribution >= 4 is 15.7 Å². The Hall–Kier alpha value is -1.14. The number of hydrogen-bond acceptors (Lipinski definition) is 3. The van der Waals surface area contributed by atoms with E-state index in [1.54, 1.807) is 16.4 Å². The third kappa shape index (κ3) is 1.99. The van der Waals surface area contributed by atoms with Gasteiger partial charge < -0.3 is 5.32 Å². The summed E-state index contributed by atoms with van der Waals surface area (Å²) in [4.78, 5) is 0. The van der Waals surface area contributed by atoms with Crippen LogP contribution in [-0.4, -0.2) is 33.3 Å². The number of fused-ring (bicyclic) bond motifs is 2. The Morgan fingerprint density at radius 3 is 2.62 bits per heavy atom. The first kappa shape index (κ1) is 13.5. The monoisotopic (exact) mass is 310 g/mol. The van der Waals surface area contributed by atoms with Crippen molar-refractivity contribution in [3.63, 3.8) is 0 Å². The van der Waals surface area contributed by atoms with Crippen LogP contribution in [0.2, 0.25) is 0 Å². The number of halogens is 1. The predicted octanol–water partition coefficient (Wildman–Crippen LogP) is 1.76. The summed E-state index contributed by atoms with van der Waals surface area (Å²) in [5.41, 5.74) is 1.36.